The van der Waals surface area contributed by atoms with Gasteiger partial charge in [0.15, 0.2) is 5.78 Å². The summed E-state index contributed by atoms with van der Waals surface area (Å²) in [7, 11) is 1.74. The zero-order valence-corrected chi connectivity index (χ0v) is 6.68. The van der Waals surface area contributed by atoms with E-state index in [-0.39, 0.29) is 5.78 Å². The van der Waals surface area contributed by atoms with Crippen molar-refractivity contribution < 1.29 is 9.21 Å². The van der Waals surface area contributed by atoms with E-state index >= 15 is 0 Å². The van der Waals surface area contributed by atoms with Crippen molar-refractivity contribution in [3.63, 3.8) is 0 Å². The Morgan fingerprint density at radius 3 is 2.91 bits per heavy atom. The molecule has 1 aromatic rings. The fraction of sp³-hybridized carbons (Fsp3) is 0.375. The number of carbonyl (C=O) groups is 1. The second kappa shape index (κ2) is 3.34. The first-order valence-electron chi connectivity index (χ1n) is 3.47. The number of likely N-dealkylation sites (N-methyl/N-ethyl adjacent to an activating group) is 1. The van der Waals surface area contributed by atoms with Crippen molar-refractivity contribution in [3.05, 3.63) is 23.7 Å². The lowest BCUT2D eigenvalue weighted by Gasteiger charge is -1.95. The van der Waals surface area contributed by atoms with Gasteiger partial charge in [-0.15, -0.1) is 0 Å². The standard InChI is InChI=1S/C8H11NO2/c1-6-7(3-4-11-6)8(10)5-9-2/h3-4,9H,5H2,1-2H3. The van der Waals surface area contributed by atoms with Gasteiger partial charge in [0.25, 0.3) is 0 Å². The van der Waals surface area contributed by atoms with Crippen LogP contribution in [0.15, 0.2) is 16.7 Å². The maximum Gasteiger partial charge on any atom is 0.180 e. The Balaban J connectivity index is 2.76. The Bertz CT molecular complexity index is 252. The van der Waals surface area contributed by atoms with E-state index in [0.717, 1.165) is 0 Å². The molecule has 0 spiro atoms. The summed E-state index contributed by atoms with van der Waals surface area (Å²) in [6.07, 6.45) is 1.53. The van der Waals surface area contributed by atoms with E-state index in [0.29, 0.717) is 17.9 Å². The van der Waals surface area contributed by atoms with Crippen molar-refractivity contribution in [2.45, 2.75) is 6.92 Å². The maximum atomic E-state index is 11.2. The molecule has 0 aliphatic rings. The number of Topliss-reactive ketones (excluding diaryl/α,β-unsaturated/α-hetero) is 1. The van der Waals surface area contributed by atoms with Crippen LogP contribution in [0.5, 0.6) is 0 Å². The molecule has 0 aliphatic heterocycles. The summed E-state index contributed by atoms with van der Waals surface area (Å²) < 4.78 is 4.98. The molecule has 0 saturated heterocycles. The van der Waals surface area contributed by atoms with E-state index in [9.17, 15) is 4.79 Å². The predicted octanol–water partition coefficient (Wildman–Crippen LogP) is 0.990. The van der Waals surface area contributed by atoms with Gasteiger partial charge >= 0.3 is 0 Å². The minimum atomic E-state index is 0.0683. The normalized spacial score (nSPS) is 10.0. The number of rotatable bonds is 3. The molecule has 3 nitrogen and oxygen atoms in total. The third kappa shape index (κ3) is 1.68. The van der Waals surface area contributed by atoms with Crippen LogP contribution < -0.4 is 5.32 Å². The van der Waals surface area contributed by atoms with Crippen LogP contribution in [0.4, 0.5) is 0 Å². The molecule has 1 N–H and O–H groups in total. The molecule has 11 heavy (non-hydrogen) atoms. The molecule has 0 atom stereocenters. The summed E-state index contributed by atoms with van der Waals surface area (Å²) in [5.41, 5.74) is 0.666. The van der Waals surface area contributed by atoms with E-state index in [1.54, 1.807) is 20.0 Å². The van der Waals surface area contributed by atoms with Gasteiger partial charge in [0.1, 0.15) is 5.76 Å². The van der Waals surface area contributed by atoms with Crippen LogP contribution in [0.25, 0.3) is 0 Å². The highest BCUT2D eigenvalue weighted by molar-refractivity contribution is 5.98. The molecule has 0 aromatic carbocycles. The van der Waals surface area contributed by atoms with Crippen LogP contribution in [0.2, 0.25) is 0 Å². The van der Waals surface area contributed by atoms with E-state index < -0.39 is 0 Å². The zero-order chi connectivity index (χ0) is 8.27. The van der Waals surface area contributed by atoms with Gasteiger partial charge in [-0.25, -0.2) is 0 Å². The average Bonchev–Trinajstić information content (AvgIpc) is 2.36. The van der Waals surface area contributed by atoms with Gasteiger partial charge in [-0.1, -0.05) is 0 Å². The number of ketones is 1. The summed E-state index contributed by atoms with van der Waals surface area (Å²) in [4.78, 5) is 11.2. The molecule has 0 bridgehead atoms. The Morgan fingerprint density at radius 1 is 1.73 bits per heavy atom. The minimum Gasteiger partial charge on any atom is -0.469 e. The summed E-state index contributed by atoms with van der Waals surface area (Å²) in [6, 6.07) is 1.69. The van der Waals surface area contributed by atoms with Crippen molar-refractivity contribution in [2.24, 2.45) is 0 Å². The van der Waals surface area contributed by atoms with Gasteiger partial charge in [-0.2, -0.15) is 0 Å². The Morgan fingerprint density at radius 2 is 2.45 bits per heavy atom. The van der Waals surface area contributed by atoms with Gasteiger partial charge in [-0.05, 0) is 20.0 Å². The van der Waals surface area contributed by atoms with E-state index in [2.05, 4.69) is 5.32 Å². The van der Waals surface area contributed by atoms with Crippen molar-refractivity contribution >= 4 is 5.78 Å². The van der Waals surface area contributed by atoms with Crippen LogP contribution in [0.1, 0.15) is 16.1 Å². The highest BCUT2D eigenvalue weighted by Gasteiger charge is 2.09. The fourth-order valence-electron chi connectivity index (χ4n) is 0.930. The third-order valence-corrected chi connectivity index (χ3v) is 1.50. The molecule has 0 saturated carbocycles. The monoisotopic (exact) mass is 153 g/mol. The Hall–Kier alpha value is -1.09. The largest absolute Gasteiger partial charge is 0.469 e. The van der Waals surface area contributed by atoms with Gasteiger partial charge in [-0.3, -0.25) is 4.79 Å². The van der Waals surface area contributed by atoms with Gasteiger partial charge in [0.2, 0.25) is 0 Å². The molecule has 1 heterocycles. The summed E-state index contributed by atoms with van der Waals surface area (Å²) in [5, 5.41) is 2.79. The number of aryl methyl sites for hydroxylation is 1. The first-order chi connectivity index (χ1) is 5.25. The van der Waals surface area contributed by atoms with Crippen molar-refractivity contribution in [1.29, 1.82) is 0 Å². The molecule has 0 amide bonds. The summed E-state index contributed by atoms with van der Waals surface area (Å²) in [6.45, 7) is 2.14. The number of carbonyl (C=O) groups excluding carboxylic acids is 1. The van der Waals surface area contributed by atoms with Crippen molar-refractivity contribution in [3.8, 4) is 0 Å². The molecule has 1 aromatic heterocycles. The van der Waals surface area contributed by atoms with Crippen LogP contribution in [-0.2, 0) is 0 Å². The summed E-state index contributed by atoms with van der Waals surface area (Å²) >= 11 is 0. The van der Waals surface area contributed by atoms with Gasteiger partial charge < -0.3 is 9.73 Å². The average molecular weight is 153 g/mol. The first-order valence-corrected chi connectivity index (χ1v) is 3.47. The minimum absolute atomic E-state index is 0.0683. The molecular formula is C8H11NO2. The fourth-order valence-corrected chi connectivity index (χ4v) is 0.930. The highest BCUT2D eigenvalue weighted by atomic mass is 16.3. The topological polar surface area (TPSA) is 42.2 Å². The molecule has 0 aliphatic carbocycles. The predicted molar refractivity (Wildman–Crippen MR) is 41.7 cm³/mol. The molecule has 0 radical (unpaired) electrons. The third-order valence-electron chi connectivity index (χ3n) is 1.50. The Kier molecular flexibility index (Phi) is 2.44. The lowest BCUT2D eigenvalue weighted by Crippen LogP contribution is -2.18. The van der Waals surface area contributed by atoms with Crippen LogP contribution in [0.3, 0.4) is 0 Å². The van der Waals surface area contributed by atoms with Crippen LogP contribution >= 0.6 is 0 Å². The second-order valence-electron chi connectivity index (χ2n) is 2.34. The number of nitrogens with one attached hydrogen (secondary N) is 1. The molecule has 0 fully saturated rings. The zero-order valence-electron chi connectivity index (χ0n) is 6.68. The van der Waals surface area contributed by atoms with E-state index in [4.69, 9.17) is 4.42 Å². The van der Waals surface area contributed by atoms with Crippen LogP contribution in [-0.4, -0.2) is 19.4 Å². The highest BCUT2D eigenvalue weighted by Crippen LogP contribution is 2.08. The molecular weight excluding hydrogens is 142 g/mol. The molecule has 3 heteroatoms. The number of furan rings is 1. The van der Waals surface area contributed by atoms with Crippen molar-refractivity contribution in [1.82, 2.24) is 5.32 Å². The maximum absolute atomic E-state index is 11.2. The summed E-state index contributed by atoms with van der Waals surface area (Å²) in [5.74, 6) is 0.754. The Labute approximate surface area is 65.4 Å². The molecule has 1 rings (SSSR count). The SMILES string of the molecule is CNCC(=O)c1ccoc1C. The van der Waals surface area contributed by atoms with Crippen molar-refractivity contribution in [2.75, 3.05) is 13.6 Å². The second-order valence-corrected chi connectivity index (χ2v) is 2.34. The van der Waals surface area contributed by atoms with Gasteiger partial charge in [0.05, 0.1) is 18.4 Å². The van der Waals surface area contributed by atoms with Gasteiger partial charge in [0, 0.05) is 0 Å². The smallest absolute Gasteiger partial charge is 0.180 e. The number of hydrogen-bond donors (Lipinski definition) is 1. The number of hydrogen-bond acceptors (Lipinski definition) is 3. The van der Waals surface area contributed by atoms with E-state index in [1.807, 2.05) is 0 Å². The lowest BCUT2D eigenvalue weighted by atomic mass is 10.2. The quantitative estimate of drug-likeness (QED) is 0.658. The lowest BCUT2D eigenvalue weighted by molar-refractivity contribution is 0.0992. The molecule has 60 valence electrons. The molecule has 0 unspecified atom stereocenters. The van der Waals surface area contributed by atoms with E-state index in [1.165, 1.54) is 6.26 Å². The van der Waals surface area contributed by atoms with Crippen LogP contribution in [0, 0.1) is 6.92 Å². The first kappa shape index (κ1) is 8.01.